The van der Waals surface area contributed by atoms with Gasteiger partial charge < -0.3 is 20.4 Å². The number of fused-ring (bicyclic) bond motifs is 1. The number of furan rings is 1. The van der Waals surface area contributed by atoms with Crippen LogP contribution in [0.15, 0.2) is 95.6 Å². The average molecular weight is 661 g/mol. The van der Waals surface area contributed by atoms with Gasteiger partial charge in [0.2, 0.25) is 5.91 Å². The van der Waals surface area contributed by atoms with E-state index in [1.54, 1.807) is 54.6 Å². The van der Waals surface area contributed by atoms with Crippen molar-refractivity contribution in [3.05, 3.63) is 114 Å². The summed E-state index contributed by atoms with van der Waals surface area (Å²) in [5, 5.41) is 3.40. The van der Waals surface area contributed by atoms with Gasteiger partial charge in [-0.25, -0.2) is 13.8 Å². The number of benzene rings is 3. The number of anilines is 1. The van der Waals surface area contributed by atoms with E-state index < -0.39 is 17.7 Å². The summed E-state index contributed by atoms with van der Waals surface area (Å²) in [6.45, 7) is -0.0143. The fraction of sp³-hybridized carbons (Fsp3) is 0.194. The van der Waals surface area contributed by atoms with Gasteiger partial charge in [0.15, 0.2) is 0 Å². The molecule has 1 saturated heterocycles. The van der Waals surface area contributed by atoms with E-state index in [4.69, 9.17) is 10.2 Å². The minimum atomic E-state index is -4.50. The molecule has 0 saturated carbocycles. The molecule has 2 aromatic heterocycles. The van der Waals surface area contributed by atoms with Gasteiger partial charge in [-0.1, -0.05) is 24.3 Å². The molecule has 6 rings (SSSR count). The lowest BCUT2D eigenvalue weighted by Gasteiger charge is -2.31. The fourth-order valence-electron chi connectivity index (χ4n) is 5.46. The molecule has 48 heavy (non-hydrogen) atoms. The molecule has 0 aliphatic carbocycles. The van der Waals surface area contributed by atoms with E-state index in [-0.39, 0.29) is 44.3 Å². The molecule has 5 aromatic rings. The van der Waals surface area contributed by atoms with E-state index in [0.29, 0.717) is 55.9 Å². The standard InChI is InChI=1S/C36H29F5N4O3/c37-35(38)13-15-45(16-14-35)34(47)25-5-3-23(4-6-25)26-17-27-18-29(21-44-32(46)12-2-22-1-11-31(42)43-20-22)48-33(27)30(19-26)24-7-9-28(10-8-24)36(39,40)41/h1-12,17-20H,13-16,21H2,(H2,42,43)(H,44,46). The number of piperidine rings is 1. The van der Waals surface area contributed by atoms with Crippen LogP contribution in [-0.2, 0) is 17.5 Å². The third-order valence-corrected chi connectivity index (χ3v) is 8.11. The van der Waals surface area contributed by atoms with E-state index in [9.17, 15) is 31.5 Å². The Kier molecular flexibility index (Phi) is 8.74. The van der Waals surface area contributed by atoms with Crippen molar-refractivity contribution in [2.75, 3.05) is 18.8 Å². The first kappa shape index (κ1) is 32.4. The van der Waals surface area contributed by atoms with Crippen molar-refractivity contribution in [3.63, 3.8) is 0 Å². The van der Waals surface area contributed by atoms with Crippen LogP contribution < -0.4 is 11.1 Å². The third kappa shape index (κ3) is 7.38. The van der Waals surface area contributed by atoms with Crippen LogP contribution in [0, 0.1) is 0 Å². The summed E-state index contributed by atoms with van der Waals surface area (Å²) in [6.07, 6.45) is -0.799. The molecule has 3 heterocycles. The fourth-order valence-corrected chi connectivity index (χ4v) is 5.46. The zero-order valence-electron chi connectivity index (χ0n) is 25.4. The van der Waals surface area contributed by atoms with E-state index in [1.807, 2.05) is 6.07 Å². The lowest BCUT2D eigenvalue weighted by atomic mass is 9.95. The number of nitrogens with two attached hydrogens (primary N) is 1. The number of hydrogen-bond donors (Lipinski definition) is 2. The number of nitrogens with one attached hydrogen (secondary N) is 1. The van der Waals surface area contributed by atoms with Gasteiger partial charge >= 0.3 is 6.18 Å². The van der Waals surface area contributed by atoms with E-state index in [0.717, 1.165) is 12.1 Å². The number of halogens is 5. The van der Waals surface area contributed by atoms with E-state index >= 15 is 0 Å². The van der Waals surface area contributed by atoms with Gasteiger partial charge in [0, 0.05) is 54.7 Å². The SMILES string of the molecule is Nc1ccc(C=CC(=O)NCc2cc3cc(-c4ccc(C(=O)N5CCC(F)(F)CC5)cc4)cc(-c4ccc(C(F)(F)F)cc4)c3o2)cn1. The Balaban J connectivity index is 1.27. The molecule has 0 atom stereocenters. The predicted octanol–water partition coefficient (Wildman–Crippen LogP) is 7.96. The summed E-state index contributed by atoms with van der Waals surface area (Å²) in [5.74, 6) is -2.71. The number of nitrogens with zero attached hydrogens (tertiary/aromatic N) is 2. The first-order chi connectivity index (χ1) is 22.8. The highest BCUT2D eigenvalue weighted by Gasteiger charge is 2.36. The molecule has 0 spiro atoms. The topological polar surface area (TPSA) is 101 Å². The van der Waals surface area contributed by atoms with Gasteiger partial charge in [0.1, 0.15) is 17.2 Å². The number of hydrogen-bond acceptors (Lipinski definition) is 5. The molecule has 1 aliphatic heterocycles. The monoisotopic (exact) mass is 660 g/mol. The molecule has 7 nitrogen and oxygen atoms in total. The normalized spacial score (nSPS) is 14.8. The van der Waals surface area contributed by atoms with Crippen molar-refractivity contribution in [3.8, 4) is 22.3 Å². The molecular formula is C36H29F5N4O3. The van der Waals surface area contributed by atoms with Crippen molar-refractivity contribution in [1.29, 1.82) is 0 Å². The zero-order valence-corrected chi connectivity index (χ0v) is 25.4. The number of aromatic nitrogens is 1. The highest BCUT2D eigenvalue weighted by molar-refractivity contribution is 5.98. The second kappa shape index (κ2) is 12.9. The molecule has 0 radical (unpaired) electrons. The largest absolute Gasteiger partial charge is 0.459 e. The van der Waals surface area contributed by atoms with Crippen LogP contribution in [0.5, 0.6) is 0 Å². The number of rotatable bonds is 7. The number of carbonyl (C=O) groups excluding carboxylic acids is 2. The summed E-state index contributed by atoms with van der Waals surface area (Å²) in [5.41, 5.74) is 8.68. The highest BCUT2D eigenvalue weighted by Crippen LogP contribution is 2.38. The molecule has 1 fully saturated rings. The number of amides is 2. The van der Waals surface area contributed by atoms with Gasteiger partial charge in [-0.05, 0) is 82.9 Å². The second-order valence-electron chi connectivity index (χ2n) is 11.5. The first-order valence-corrected chi connectivity index (χ1v) is 15.0. The molecule has 0 bridgehead atoms. The first-order valence-electron chi connectivity index (χ1n) is 15.0. The van der Waals surface area contributed by atoms with Crippen LogP contribution in [0.4, 0.5) is 27.8 Å². The third-order valence-electron chi connectivity index (χ3n) is 8.11. The quantitative estimate of drug-likeness (QED) is 0.136. The molecule has 1 aliphatic rings. The van der Waals surface area contributed by atoms with Crippen molar-refractivity contribution in [2.45, 2.75) is 31.5 Å². The van der Waals surface area contributed by atoms with Crippen molar-refractivity contribution < 1.29 is 36.0 Å². The van der Waals surface area contributed by atoms with Crippen molar-refractivity contribution >= 4 is 34.7 Å². The Hall–Kier alpha value is -5.52. The summed E-state index contributed by atoms with van der Waals surface area (Å²) >= 11 is 0. The lowest BCUT2D eigenvalue weighted by Crippen LogP contribution is -2.42. The van der Waals surface area contributed by atoms with E-state index in [2.05, 4.69) is 10.3 Å². The molecule has 0 unspecified atom stereocenters. The van der Waals surface area contributed by atoms with Crippen LogP contribution >= 0.6 is 0 Å². The minimum Gasteiger partial charge on any atom is -0.459 e. The smallest absolute Gasteiger partial charge is 0.416 e. The Morgan fingerprint density at radius 2 is 1.60 bits per heavy atom. The van der Waals surface area contributed by atoms with Crippen LogP contribution in [0.25, 0.3) is 39.3 Å². The number of carbonyl (C=O) groups is 2. The zero-order chi connectivity index (χ0) is 34.1. The molecule has 3 aromatic carbocycles. The van der Waals surface area contributed by atoms with Gasteiger partial charge in [0.25, 0.3) is 11.8 Å². The molecule has 2 amide bonds. The van der Waals surface area contributed by atoms with Gasteiger partial charge in [-0.15, -0.1) is 0 Å². The van der Waals surface area contributed by atoms with Crippen molar-refractivity contribution in [1.82, 2.24) is 15.2 Å². The van der Waals surface area contributed by atoms with Crippen LogP contribution in [0.2, 0.25) is 0 Å². The Morgan fingerprint density at radius 3 is 2.25 bits per heavy atom. The van der Waals surface area contributed by atoms with Gasteiger partial charge in [0.05, 0.1) is 12.1 Å². The van der Waals surface area contributed by atoms with Gasteiger partial charge in [-0.2, -0.15) is 13.2 Å². The van der Waals surface area contributed by atoms with Gasteiger partial charge in [-0.3, -0.25) is 9.59 Å². The summed E-state index contributed by atoms with van der Waals surface area (Å²) in [7, 11) is 0. The molecule has 12 heteroatoms. The number of nitrogen functional groups attached to an aromatic ring is 1. The maximum atomic E-state index is 13.6. The summed E-state index contributed by atoms with van der Waals surface area (Å²) < 4.78 is 73.2. The lowest BCUT2D eigenvalue weighted by molar-refractivity contribution is -0.137. The second-order valence-corrected chi connectivity index (χ2v) is 11.5. The summed E-state index contributed by atoms with van der Waals surface area (Å²) in [4.78, 5) is 30.8. The Labute approximate surface area is 271 Å². The maximum absolute atomic E-state index is 13.6. The summed E-state index contributed by atoms with van der Waals surface area (Å²) in [6, 6.07) is 20.1. The van der Waals surface area contributed by atoms with Crippen LogP contribution in [-0.4, -0.2) is 40.7 Å². The Bertz CT molecular complexity index is 1970. The number of likely N-dealkylation sites (tertiary alicyclic amines) is 1. The molecule has 3 N–H and O–H groups in total. The Morgan fingerprint density at radius 1 is 0.917 bits per heavy atom. The predicted molar refractivity (Wildman–Crippen MR) is 172 cm³/mol. The molecular weight excluding hydrogens is 631 g/mol. The maximum Gasteiger partial charge on any atom is 0.416 e. The van der Waals surface area contributed by atoms with E-state index in [1.165, 1.54) is 29.3 Å². The number of alkyl halides is 5. The molecule has 246 valence electrons. The van der Waals surface area contributed by atoms with Crippen LogP contribution in [0.1, 0.15) is 40.1 Å². The van der Waals surface area contributed by atoms with Crippen molar-refractivity contribution in [2.24, 2.45) is 0 Å². The minimum absolute atomic E-state index is 0.0274. The van der Waals surface area contributed by atoms with Crippen LogP contribution in [0.3, 0.4) is 0 Å². The number of pyridine rings is 1. The highest BCUT2D eigenvalue weighted by atomic mass is 19.4. The average Bonchev–Trinajstić information content (AvgIpc) is 3.49.